The smallest absolute Gasteiger partial charge is 0.130 e. The van der Waals surface area contributed by atoms with Gasteiger partial charge < -0.3 is 10.5 Å². The maximum atomic E-state index is 6.11. The van der Waals surface area contributed by atoms with E-state index in [1.165, 1.54) is 0 Å². The maximum absolute atomic E-state index is 6.11. The van der Waals surface area contributed by atoms with Crippen LogP contribution in [0.4, 0.5) is 0 Å². The van der Waals surface area contributed by atoms with Gasteiger partial charge in [0.15, 0.2) is 0 Å². The van der Waals surface area contributed by atoms with E-state index in [0.717, 1.165) is 22.2 Å². The molecule has 3 rings (SSSR count). The van der Waals surface area contributed by atoms with Gasteiger partial charge in [-0.1, -0.05) is 41.9 Å². The van der Waals surface area contributed by atoms with Gasteiger partial charge in [0.05, 0.1) is 11.2 Å². The Morgan fingerprint density at radius 2 is 1.86 bits per heavy atom. The van der Waals surface area contributed by atoms with Crippen LogP contribution in [0.5, 0.6) is 5.75 Å². The minimum atomic E-state index is 0.347. The van der Waals surface area contributed by atoms with Gasteiger partial charge in [0.25, 0.3) is 0 Å². The summed E-state index contributed by atoms with van der Waals surface area (Å²) >= 11 is 6.11. The fourth-order valence-electron chi connectivity index (χ4n) is 2.21. The molecular formula is C17H15ClN2O. The van der Waals surface area contributed by atoms with Crippen LogP contribution in [-0.4, -0.2) is 4.98 Å². The van der Waals surface area contributed by atoms with Crippen molar-refractivity contribution in [2.45, 2.75) is 13.2 Å². The Bertz CT molecular complexity index is 774. The average molecular weight is 299 g/mol. The first-order valence-electron chi connectivity index (χ1n) is 6.73. The number of para-hydroxylation sites is 1. The van der Waals surface area contributed by atoms with Gasteiger partial charge in [-0.15, -0.1) is 0 Å². The number of nitrogens with two attached hydrogens (primary N) is 1. The molecule has 0 aliphatic heterocycles. The second kappa shape index (κ2) is 6.12. The average Bonchev–Trinajstić information content (AvgIpc) is 2.52. The Labute approximate surface area is 128 Å². The minimum absolute atomic E-state index is 0.347. The first-order chi connectivity index (χ1) is 10.3. The lowest BCUT2D eigenvalue weighted by Crippen LogP contribution is -2.04. The molecule has 21 heavy (non-hydrogen) atoms. The topological polar surface area (TPSA) is 48.1 Å². The summed E-state index contributed by atoms with van der Waals surface area (Å²) in [6.45, 7) is 0.734. The zero-order valence-corrected chi connectivity index (χ0v) is 12.2. The second-order valence-electron chi connectivity index (χ2n) is 4.70. The predicted molar refractivity (Wildman–Crippen MR) is 85.4 cm³/mol. The van der Waals surface area contributed by atoms with E-state index in [0.29, 0.717) is 23.9 Å². The third kappa shape index (κ3) is 2.99. The summed E-state index contributed by atoms with van der Waals surface area (Å²) in [6, 6.07) is 17.5. The van der Waals surface area contributed by atoms with E-state index in [1.807, 2.05) is 54.6 Å². The van der Waals surface area contributed by atoms with Crippen LogP contribution in [0.1, 0.15) is 11.3 Å². The lowest BCUT2D eigenvalue weighted by atomic mass is 10.2. The van der Waals surface area contributed by atoms with Crippen molar-refractivity contribution in [1.82, 2.24) is 4.98 Å². The zero-order valence-electron chi connectivity index (χ0n) is 11.4. The molecule has 2 aromatic carbocycles. The highest BCUT2D eigenvalue weighted by atomic mass is 35.5. The van der Waals surface area contributed by atoms with Gasteiger partial charge in [-0.3, -0.25) is 0 Å². The molecule has 3 aromatic rings. The standard InChI is InChI=1S/C17H15ClN2O/c18-15-5-3-7-17(14(15)10-19)21-11-13-9-8-12-4-1-2-6-16(12)20-13/h1-9H,10-11,19H2. The van der Waals surface area contributed by atoms with Crippen LogP contribution in [0.15, 0.2) is 54.6 Å². The van der Waals surface area contributed by atoms with Crippen LogP contribution in [0, 0.1) is 0 Å². The molecule has 3 nitrogen and oxygen atoms in total. The lowest BCUT2D eigenvalue weighted by molar-refractivity contribution is 0.298. The summed E-state index contributed by atoms with van der Waals surface area (Å²) in [5, 5.41) is 1.74. The SMILES string of the molecule is NCc1c(Cl)cccc1OCc1ccc2ccccc2n1. The third-order valence-electron chi connectivity index (χ3n) is 3.31. The van der Waals surface area contributed by atoms with Crippen molar-refractivity contribution < 1.29 is 4.74 Å². The second-order valence-corrected chi connectivity index (χ2v) is 5.11. The third-order valence-corrected chi connectivity index (χ3v) is 3.67. The number of hydrogen-bond donors (Lipinski definition) is 1. The molecule has 2 N–H and O–H groups in total. The largest absolute Gasteiger partial charge is 0.487 e. The van der Waals surface area contributed by atoms with Gasteiger partial charge in [-0.05, 0) is 24.3 Å². The number of ether oxygens (including phenoxy) is 1. The van der Waals surface area contributed by atoms with E-state index >= 15 is 0 Å². The van der Waals surface area contributed by atoms with Gasteiger partial charge in [0.2, 0.25) is 0 Å². The van der Waals surface area contributed by atoms with Crippen LogP contribution >= 0.6 is 11.6 Å². The quantitative estimate of drug-likeness (QED) is 0.794. The van der Waals surface area contributed by atoms with E-state index in [2.05, 4.69) is 4.98 Å². The Kier molecular flexibility index (Phi) is 4.04. The first kappa shape index (κ1) is 13.9. The fraction of sp³-hybridized carbons (Fsp3) is 0.118. The monoisotopic (exact) mass is 298 g/mol. The van der Waals surface area contributed by atoms with E-state index in [9.17, 15) is 0 Å². The minimum Gasteiger partial charge on any atom is -0.487 e. The first-order valence-corrected chi connectivity index (χ1v) is 7.10. The number of fused-ring (bicyclic) bond motifs is 1. The van der Waals surface area contributed by atoms with Gasteiger partial charge in [0, 0.05) is 22.5 Å². The fourth-order valence-corrected chi connectivity index (χ4v) is 2.46. The van der Waals surface area contributed by atoms with Crippen molar-refractivity contribution in [1.29, 1.82) is 0 Å². The van der Waals surface area contributed by atoms with Gasteiger partial charge >= 0.3 is 0 Å². The molecule has 0 radical (unpaired) electrons. The highest BCUT2D eigenvalue weighted by molar-refractivity contribution is 6.31. The molecule has 0 aliphatic carbocycles. The van der Waals surface area contributed by atoms with E-state index < -0.39 is 0 Å². The van der Waals surface area contributed by atoms with Crippen LogP contribution < -0.4 is 10.5 Å². The number of halogens is 1. The van der Waals surface area contributed by atoms with E-state index in [1.54, 1.807) is 0 Å². The van der Waals surface area contributed by atoms with Crippen LogP contribution in [-0.2, 0) is 13.2 Å². The molecule has 4 heteroatoms. The van der Waals surface area contributed by atoms with E-state index in [-0.39, 0.29) is 0 Å². The summed E-state index contributed by atoms with van der Waals surface area (Å²) in [4.78, 5) is 4.58. The predicted octanol–water partition coefficient (Wildman–Crippen LogP) is 3.93. The Morgan fingerprint density at radius 3 is 2.71 bits per heavy atom. The van der Waals surface area contributed by atoms with Crippen molar-refractivity contribution in [3.05, 3.63) is 70.9 Å². The van der Waals surface area contributed by atoms with Crippen LogP contribution in [0.3, 0.4) is 0 Å². The number of benzene rings is 2. The van der Waals surface area contributed by atoms with Crippen molar-refractivity contribution in [2.75, 3.05) is 0 Å². The zero-order chi connectivity index (χ0) is 14.7. The number of nitrogens with zero attached hydrogens (tertiary/aromatic N) is 1. The molecule has 0 amide bonds. The Hall–Kier alpha value is -2.10. The van der Waals surface area contributed by atoms with Crippen molar-refractivity contribution in [3.8, 4) is 5.75 Å². The molecule has 1 aromatic heterocycles. The summed E-state index contributed by atoms with van der Waals surface area (Å²) in [6.07, 6.45) is 0. The van der Waals surface area contributed by atoms with E-state index in [4.69, 9.17) is 22.1 Å². The molecule has 0 saturated carbocycles. The van der Waals surface area contributed by atoms with Gasteiger partial charge in [-0.2, -0.15) is 0 Å². The summed E-state index contributed by atoms with van der Waals surface area (Å²) in [5.41, 5.74) is 8.37. The van der Waals surface area contributed by atoms with Crippen LogP contribution in [0.2, 0.25) is 5.02 Å². The van der Waals surface area contributed by atoms with Crippen molar-refractivity contribution in [2.24, 2.45) is 5.73 Å². The Morgan fingerprint density at radius 1 is 1.00 bits per heavy atom. The maximum Gasteiger partial charge on any atom is 0.130 e. The van der Waals surface area contributed by atoms with Gasteiger partial charge in [-0.25, -0.2) is 4.98 Å². The molecule has 0 aliphatic rings. The number of pyridine rings is 1. The Balaban J connectivity index is 1.82. The highest BCUT2D eigenvalue weighted by Crippen LogP contribution is 2.26. The lowest BCUT2D eigenvalue weighted by Gasteiger charge is -2.11. The molecule has 0 atom stereocenters. The molecule has 0 bridgehead atoms. The number of rotatable bonds is 4. The number of hydrogen-bond acceptors (Lipinski definition) is 3. The highest BCUT2D eigenvalue weighted by Gasteiger charge is 2.07. The van der Waals surface area contributed by atoms with Crippen molar-refractivity contribution >= 4 is 22.5 Å². The summed E-state index contributed by atoms with van der Waals surface area (Å²) < 4.78 is 5.82. The number of aromatic nitrogens is 1. The summed E-state index contributed by atoms with van der Waals surface area (Å²) in [5.74, 6) is 0.708. The van der Waals surface area contributed by atoms with Crippen LogP contribution in [0.25, 0.3) is 10.9 Å². The molecule has 0 fully saturated rings. The molecule has 106 valence electrons. The van der Waals surface area contributed by atoms with Crippen molar-refractivity contribution in [3.63, 3.8) is 0 Å². The molecule has 0 spiro atoms. The summed E-state index contributed by atoms with van der Waals surface area (Å²) in [7, 11) is 0. The van der Waals surface area contributed by atoms with Gasteiger partial charge in [0.1, 0.15) is 12.4 Å². The normalized spacial score (nSPS) is 10.8. The molecule has 0 unspecified atom stereocenters. The molecule has 1 heterocycles. The molecule has 0 saturated heterocycles. The molecular weight excluding hydrogens is 284 g/mol.